The lowest BCUT2D eigenvalue weighted by atomic mass is 9.95. The van der Waals surface area contributed by atoms with E-state index in [9.17, 15) is 13.2 Å². The van der Waals surface area contributed by atoms with Gasteiger partial charge in [0.05, 0.1) is 27.8 Å². The largest absolute Gasteiger partial charge is 0.340 e. The molecule has 1 atom stereocenters. The first kappa shape index (κ1) is 21.2. The van der Waals surface area contributed by atoms with Crippen LogP contribution in [0.1, 0.15) is 27.6 Å². The summed E-state index contributed by atoms with van der Waals surface area (Å²) < 4.78 is 27.3. The van der Waals surface area contributed by atoms with Gasteiger partial charge in [-0.05, 0) is 35.6 Å². The van der Waals surface area contributed by atoms with Crippen molar-refractivity contribution in [2.24, 2.45) is 0 Å². The molecule has 0 saturated heterocycles. The fraction of sp³-hybridized carbons (Fsp3) is 0.353. The van der Waals surface area contributed by atoms with Crippen molar-refractivity contribution in [3.63, 3.8) is 0 Å². The summed E-state index contributed by atoms with van der Waals surface area (Å²) in [5.74, 6) is -0.241. The van der Waals surface area contributed by atoms with E-state index >= 15 is 0 Å². The number of likely N-dealkylation sites (N-methyl/N-ethyl adjacent to an activating group) is 1. The maximum Gasteiger partial charge on any atom is 0.264 e. The smallest absolute Gasteiger partial charge is 0.264 e. The molecule has 1 amide bonds. The number of carbonyl (C=O) groups excluding carboxylic acids is 1. The number of benzene rings is 1. The molecule has 0 N–H and O–H groups in total. The minimum absolute atomic E-state index is 0.0186. The first-order valence-electron chi connectivity index (χ1n) is 7.75. The van der Waals surface area contributed by atoms with Gasteiger partial charge in [0.15, 0.2) is 0 Å². The van der Waals surface area contributed by atoms with Crippen LogP contribution in [0.4, 0.5) is 0 Å². The Morgan fingerprint density at radius 2 is 2.00 bits per heavy atom. The molecule has 0 aliphatic rings. The summed E-state index contributed by atoms with van der Waals surface area (Å²) in [6.07, 6.45) is 1.42. The average Bonchev–Trinajstić information content (AvgIpc) is 3.09. The van der Waals surface area contributed by atoms with Crippen LogP contribution in [0.2, 0.25) is 10.0 Å². The van der Waals surface area contributed by atoms with Crippen LogP contribution in [0.5, 0.6) is 0 Å². The molecule has 2 aromatic rings. The van der Waals surface area contributed by atoms with Gasteiger partial charge in [0.25, 0.3) is 16.0 Å². The van der Waals surface area contributed by atoms with E-state index in [1.54, 1.807) is 30.1 Å². The van der Waals surface area contributed by atoms with Crippen molar-refractivity contribution >= 4 is 50.6 Å². The van der Waals surface area contributed by atoms with Gasteiger partial charge in [-0.3, -0.25) is 8.98 Å². The van der Waals surface area contributed by atoms with E-state index in [4.69, 9.17) is 27.4 Å². The Balaban J connectivity index is 2.16. The molecule has 1 unspecified atom stereocenters. The highest BCUT2D eigenvalue weighted by Gasteiger charge is 2.20. The van der Waals surface area contributed by atoms with E-state index in [1.165, 1.54) is 11.3 Å². The predicted molar refractivity (Wildman–Crippen MR) is 106 cm³/mol. The Morgan fingerprint density at radius 3 is 2.58 bits per heavy atom. The minimum atomic E-state index is -3.52. The molecule has 142 valence electrons. The van der Waals surface area contributed by atoms with Gasteiger partial charge in [-0.25, -0.2) is 0 Å². The Morgan fingerprint density at radius 1 is 1.27 bits per heavy atom. The Kier molecular flexibility index (Phi) is 7.49. The molecule has 0 radical (unpaired) electrons. The third-order valence-corrected chi connectivity index (χ3v) is 5.94. The summed E-state index contributed by atoms with van der Waals surface area (Å²) in [4.78, 5) is 14.7. The standard InChI is InChI=1S/C17H19Cl2NO4S2/c1-20(17(21)16-4-3-9-25-16)11-13(7-8-24-26(2,22)23)12-5-6-14(18)15(19)10-12/h3-6,9-10,13H,7-8,11H2,1-2H3. The zero-order valence-electron chi connectivity index (χ0n) is 14.3. The normalized spacial score (nSPS) is 12.8. The fourth-order valence-electron chi connectivity index (χ4n) is 2.47. The quantitative estimate of drug-likeness (QED) is 0.580. The number of hydrogen-bond donors (Lipinski definition) is 0. The van der Waals surface area contributed by atoms with Crippen LogP contribution < -0.4 is 0 Å². The molecule has 1 heterocycles. The summed E-state index contributed by atoms with van der Waals surface area (Å²) in [5, 5.41) is 2.69. The molecule has 9 heteroatoms. The van der Waals surface area contributed by atoms with Crippen LogP contribution in [-0.4, -0.2) is 45.7 Å². The lowest BCUT2D eigenvalue weighted by Gasteiger charge is -2.24. The number of amides is 1. The number of nitrogens with zero attached hydrogens (tertiary/aromatic N) is 1. The lowest BCUT2D eigenvalue weighted by molar-refractivity contribution is 0.0786. The molecule has 2 rings (SSSR count). The molecule has 5 nitrogen and oxygen atoms in total. The molecule has 26 heavy (non-hydrogen) atoms. The van der Waals surface area contributed by atoms with Gasteiger partial charge in [0.2, 0.25) is 0 Å². The first-order chi connectivity index (χ1) is 12.2. The third-order valence-electron chi connectivity index (χ3n) is 3.75. The van der Waals surface area contributed by atoms with Crippen molar-refractivity contribution in [1.82, 2.24) is 4.90 Å². The number of thiophene rings is 1. The van der Waals surface area contributed by atoms with Gasteiger partial charge in [-0.2, -0.15) is 8.42 Å². The van der Waals surface area contributed by atoms with E-state index < -0.39 is 10.1 Å². The maximum absolute atomic E-state index is 12.5. The number of halogens is 2. The van der Waals surface area contributed by atoms with E-state index in [-0.39, 0.29) is 18.4 Å². The highest BCUT2D eigenvalue weighted by Crippen LogP contribution is 2.29. The minimum Gasteiger partial charge on any atom is -0.340 e. The monoisotopic (exact) mass is 435 g/mol. The summed E-state index contributed by atoms with van der Waals surface area (Å²) in [5.41, 5.74) is 0.863. The molecule has 0 aliphatic carbocycles. The fourth-order valence-corrected chi connectivity index (χ4v) is 3.90. The Labute approximate surface area is 167 Å². The van der Waals surface area contributed by atoms with Gasteiger partial charge < -0.3 is 4.90 Å². The van der Waals surface area contributed by atoms with E-state index in [0.717, 1.165) is 11.8 Å². The van der Waals surface area contributed by atoms with Gasteiger partial charge in [-0.15, -0.1) is 11.3 Å². The molecule has 0 aliphatic heterocycles. The molecular weight excluding hydrogens is 417 g/mol. The van der Waals surface area contributed by atoms with E-state index in [1.807, 2.05) is 17.5 Å². The van der Waals surface area contributed by atoms with Crippen molar-refractivity contribution in [2.75, 3.05) is 26.5 Å². The van der Waals surface area contributed by atoms with Crippen molar-refractivity contribution in [2.45, 2.75) is 12.3 Å². The lowest BCUT2D eigenvalue weighted by Crippen LogP contribution is -2.31. The second kappa shape index (κ2) is 9.19. The molecule has 0 fully saturated rings. The predicted octanol–water partition coefficient (Wildman–Crippen LogP) is 4.28. The van der Waals surface area contributed by atoms with Crippen molar-refractivity contribution in [3.8, 4) is 0 Å². The Hall–Kier alpha value is -1.12. The SMILES string of the molecule is CN(CC(CCOS(C)(=O)=O)c1ccc(Cl)c(Cl)c1)C(=O)c1cccs1. The highest BCUT2D eigenvalue weighted by atomic mass is 35.5. The van der Waals surface area contributed by atoms with Gasteiger partial charge in [0.1, 0.15) is 0 Å². The van der Waals surface area contributed by atoms with Crippen LogP contribution in [0, 0.1) is 0 Å². The third kappa shape index (κ3) is 6.25. The zero-order chi connectivity index (χ0) is 19.3. The van der Waals surface area contributed by atoms with Crippen molar-refractivity contribution in [1.29, 1.82) is 0 Å². The van der Waals surface area contributed by atoms with Crippen LogP contribution in [0.3, 0.4) is 0 Å². The van der Waals surface area contributed by atoms with Gasteiger partial charge in [-0.1, -0.05) is 35.3 Å². The second-order valence-corrected chi connectivity index (χ2v) is 9.25. The topological polar surface area (TPSA) is 63.7 Å². The van der Waals surface area contributed by atoms with Crippen LogP contribution in [0.15, 0.2) is 35.7 Å². The van der Waals surface area contributed by atoms with Crippen molar-refractivity contribution < 1.29 is 17.4 Å². The summed E-state index contributed by atoms with van der Waals surface area (Å²) >= 11 is 13.5. The van der Waals surface area contributed by atoms with Gasteiger partial charge in [0, 0.05) is 19.5 Å². The van der Waals surface area contributed by atoms with Crippen molar-refractivity contribution in [3.05, 3.63) is 56.2 Å². The number of hydrogen-bond acceptors (Lipinski definition) is 5. The maximum atomic E-state index is 12.5. The molecule has 0 saturated carbocycles. The highest BCUT2D eigenvalue weighted by molar-refractivity contribution is 7.85. The summed E-state index contributed by atoms with van der Waals surface area (Å²) in [6, 6.07) is 8.83. The van der Waals surface area contributed by atoms with Crippen LogP contribution >= 0.6 is 34.5 Å². The summed E-state index contributed by atoms with van der Waals surface area (Å²) in [6.45, 7) is 0.409. The van der Waals surface area contributed by atoms with Crippen LogP contribution in [0.25, 0.3) is 0 Å². The molecule has 0 bridgehead atoms. The average molecular weight is 436 g/mol. The number of rotatable bonds is 8. The van der Waals surface area contributed by atoms with E-state index in [2.05, 4.69) is 0 Å². The van der Waals surface area contributed by atoms with Crippen LogP contribution in [-0.2, 0) is 14.3 Å². The summed E-state index contributed by atoms with van der Waals surface area (Å²) in [7, 11) is -1.81. The molecular formula is C17H19Cl2NO4S2. The van der Waals surface area contributed by atoms with Gasteiger partial charge >= 0.3 is 0 Å². The molecule has 1 aromatic carbocycles. The zero-order valence-corrected chi connectivity index (χ0v) is 17.5. The first-order valence-corrected chi connectivity index (χ1v) is 11.2. The Bertz CT molecular complexity index is 854. The molecule has 1 aromatic heterocycles. The molecule has 0 spiro atoms. The number of carbonyl (C=O) groups is 1. The second-order valence-electron chi connectivity index (χ2n) is 5.85. The van der Waals surface area contributed by atoms with E-state index in [0.29, 0.717) is 27.9 Å².